The molecule has 21 heavy (non-hydrogen) atoms. The molecule has 0 aliphatic heterocycles. The quantitative estimate of drug-likeness (QED) is 0.890. The minimum Gasteiger partial charge on any atom is -0.486 e. The molecule has 0 radical (unpaired) electrons. The van der Waals surface area contributed by atoms with E-state index in [1.165, 1.54) is 18.2 Å². The zero-order valence-corrected chi connectivity index (χ0v) is 12.9. The lowest BCUT2D eigenvalue weighted by molar-refractivity contribution is 0.284. The molecule has 2 aromatic rings. The van der Waals surface area contributed by atoms with Gasteiger partial charge in [-0.05, 0) is 36.4 Å². The van der Waals surface area contributed by atoms with Gasteiger partial charge in [0.05, 0.1) is 4.90 Å². The SMILES string of the molecule is NS(=O)(=O)c1ccc(OCc2cc(Br)ccc2F)c(F)c1. The molecule has 0 amide bonds. The monoisotopic (exact) mass is 377 g/mol. The average molecular weight is 378 g/mol. The number of hydrogen-bond donors (Lipinski definition) is 1. The van der Waals surface area contributed by atoms with Gasteiger partial charge in [-0.25, -0.2) is 22.3 Å². The van der Waals surface area contributed by atoms with Crippen LogP contribution < -0.4 is 9.88 Å². The van der Waals surface area contributed by atoms with Crippen LogP contribution in [0.4, 0.5) is 8.78 Å². The lowest BCUT2D eigenvalue weighted by Gasteiger charge is -2.09. The van der Waals surface area contributed by atoms with Gasteiger partial charge >= 0.3 is 0 Å². The molecule has 0 spiro atoms. The Morgan fingerprint density at radius 2 is 1.81 bits per heavy atom. The van der Waals surface area contributed by atoms with Crippen molar-refractivity contribution >= 4 is 26.0 Å². The van der Waals surface area contributed by atoms with Crippen molar-refractivity contribution in [3.63, 3.8) is 0 Å². The van der Waals surface area contributed by atoms with Gasteiger partial charge in [0.2, 0.25) is 10.0 Å². The lowest BCUT2D eigenvalue weighted by Crippen LogP contribution is -2.12. The molecule has 0 aliphatic rings. The number of ether oxygens (including phenoxy) is 1. The molecule has 0 saturated carbocycles. The Balaban J connectivity index is 2.19. The van der Waals surface area contributed by atoms with Crippen LogP contribution in [0.2, 0.25) is 0 Å². The molecule has 112 valence electrons. The fourth-order valence-corrected chi connectivity index (χ4v) is 2.52. The Bertz CT molecular complexity index is 781. The van der Waals surface area contributed by atoms with Crippen molar-refractivity contribution in [3.8, 4) is 5.75 Å². The number of rotatable bonds is 4. The third kappa shape index (κ3) is 3.99. The van der Waals surface area contributed by atoms with Crippen LogP contribution in [0.1, 0.15) is 5.56 Å². The van der Waals surface area contributed by atoms with Crippen molar-refractivity contribution in [1.82, 2.24) is 0 Å². The summed E-state index contributed by atoms with van der Waals surface area (Å²) in [4.78, 5) is -0.360. The second-order valence-electron chi connectivity index (χ2n) is 4.16. The summed E-state index contributed by atoms with van der Waals surface area (Å²) >= 11 is 3.19. The molecule has 0 saturated heterocycles. The molecule has 0 aromatic heterocycles. The average Bonchev–Trinajstić information content (AvgIpc) is 2.40. The summed E-state index contributed by atoms with van der Waals surface area (Å²) in [6, 6.07) is 7.29. The van der Waals surface area contributed by atoms with E-state index in [1.807, 2.05) is 0 Å². The van der Waals surface area contributed by atoms with Gasteiger partial charge < -0.3 is 4.74 Å². The van der Waals surface area contributed by atoms with Crippen molar-refractivity contribution < 1.29 is 21.9 Å². The van der Waals surface area contributed by atoms with Gasteiger partial charge in [-0.3, -0.25) is 0 Å². The zero-order chi connectivity index (χ0) is 15.6. The van der Waals surface area contributed by atoms with Crippen LogP contribution in [0, 0.1) is 11.6 Å². The van der Waals surface area contributed by atoms with Crippen LogP contribution in [0.25, 0.3) is 0 Å². The molecule has 0 fully saturated rings. The van der Waals surface area contributed by atoms with Crippen molar-refractivity contribution in [1.29, 1.82) is 0 Å². The third-order valence-electron chi connectivity index (χ3n) is 2.62. The Labute approximate surface area is 128 Å². The Morgan fingerprint density at radius 3 is 2.43 bits per heavy atom. The first-order chi connectivity index (χ1) is 9.77. The Morgan fingerprint density at radius 1 is 1.10 bits per heavy atom. The first kappa shape index (κ1) is 15.9. The minimum absolute atomic E-state index is 0.193. The normalized spacial score (nSPS) is 11.4. The van der Waals surface area contributed by atoms with Gasteiger partial charge in [-0.1, -0.05) is 15.9 Å². The van der Waals surface area contributed by atoms with Gasteiger partial charge in [0.15, 0.2) is 11.6 Å². The van der Waals surface area contributed by atoms with Crippen LogP contribution in [0.3, 0.4) is 0 Å². The van der Waals surface area contributed by atoms with Gasteiger partial charge in [0, 0.05) is 10.0 Å². The summed E-state index contributed by atoms with van der Waals surface area (Å²) in [6.07, 6.45) is 0. The molecular formula is C13H10BrF2NO3S. The van der Waals surface area contributed by atoms with Crippen molar-refractivity contribution in [2.24, 2.45) is 5.14 Å². The molecule has 0 aliphatic carbocycles. The van der Waals surface area contributed by atoms with Crippen molar-refractivity contribution in [2.45, 2.75) is 11.5 Å². The highest BCUT2D eigenvalue weighted by Crippen LogP contribution is 2.23. The fourth-order valence-electron chi connectivity index (χ4n) is 1.59. The molecule has 2 rings (SSSR count). The zero-order valence-electron chi connectivity index (χ0n) is 10.5. The highest BCUT2D eigenvalue weighted by molar-refractivity contribution is 9.10. The van der Waals surface area contributed by atoms with Crippen LogP contribution in [0.15, 0.2) is 45.8 Å². The van der Waals surface area contributed by atoms with E-state index in [2.05, 4.69) is 15.9 Å². The topological polar surface area (TPSA) is 69.4 Å². The maximum atomic E-state index is 13.7. The summed E-state index contributed by atoms with van der Waals surface area (Å²) < 4.78 is 55.2. The molecular weight excluding hydrogens is 368 g/mol. The van der Waals surface area contributed by atoms with E-state index < -0.39 is 21.7 Å². The molecule has 0 unspecified atom stereocenters. The number of hydrogen-bond acceptors (Lipinski definition) is 3. The van der Waals surface area contributed by atoms with E-state index >= 15 is 0 Å². The second kappa shape index (κ2) is 6.08. The molecule has 0 atom stereocenters. The van der Waals surface area contributed by atoms with Crippen LogP contribution in [-0.4, -0.2) is 8.42 Å². The molecule has 4 nitrogen and oxygen atoms in total. The summed E-state index contributed by atoms with van der Waals surface area (Å²) in [6.45, 7) is -0.198. The maximum absolute atomic E-state index is 13.7. The molecule has 8 heteroatoms. The van der Waals surface area contributed by atoms with E-state index in [0.717, 1.165) is 18.2 Å². The fraction of sp³-hybridized carbons (Fsp3) is 0.0769. The summed E-state index contributed by atoms with van der Waals surface area (Å²) in [7, 11) is -3.98. The largest absolute Gasteiger partial charge is 0.486 e. The smallest absolute Gasteiger partial charge is 0.238 e. The lowest BCUT2D eigenvalue weighted by atomic mass is 10.2. The van der Waals surface area contributed by atoms with Crippen LogP contribution in [-0.2, 0) is 16.6 Å². The number of primary sulfonamides is 1. The van der Waals surface area contributed by atoms with E-state index in [4.69, 9.17) is 9.88 Å². The second-order valence-corrected chi connectivity index (χ2v) is 6.64. The first-order valence-corrected chi connectivity index (χ1v) is 8.00. The minimum atomic E-state index is -3.98. The van der Waals surface area contributed by atoms with E-state index in [1.54, 1.807) is 0 Å². The van der Waals surface area contributed by atoms with E-state index in [0.29, 0.717) is 4.47 Å². The summed E-state index contributed by atoms with van der Waals surface area (Å²) in [5.41, 5.74) is 0.235. The van der Waals surface area contributed by atoms with Crippen molar-refractivity contribution in [3.05, 3.63) is 58.1 Å². The molecule has 0 heterocycles. The number of halogens is 3. The first-order valence-electron chi connectivity index (χ1n) is 5.66. The van der Waals surface area contributed by atoms with Gasteiger partial charge in [0.1, 0.15) is 12.4 Å². The maximum Gasteiger partial charge on any atom is 0.238 e. The predicted molar refractivity (Wildman–Crippen MR) is 76.2 cm³/mol. The highest BCUT2D eigenvalue weighted by Gasteiger charge is 2.13. The Kier molecular flexibility index (Phi) is 4.60. The predicted octanol–water partition coefficient (Wildman–Crippen LogP) is 2.95. The van der Waals surface area contributed by atoms with Crippen molar-refractivity contribution in [2.75, 3.05) is 0 Å². The van der Waals surface area contributed by atoms with Gasteiger partial charge in [0.25, 0.3) is 0 Å². The Hall–Kier alpha value is -1.51. The number of nitrogens with two attached hydrogens (primary N) is 1. The van der Waals surface area contributed by atoms with Crippen LogP contribution >= 0.6 is 15.9 Å². The van der Waals surface area contributed by atoms with E-state index in [-0.39, 0.29) is 22.8 Å². The number of sulfonamides is 1. The standard InChI is InChI=1S/C13H10BrF2NO3S/c14-9-1-3-11(15)8(5-9)7-20-13-4-2-10(6-12(13)16)21(17,18)19/h1-6H,7H2,(H2,17,18,19). The molecule has 0 bridgehead atoms. The van der Waals surface area contributed by atoms with E-state index in [9.17, 15) is 17.2 Å². The van der Waals surface area contributed by atoms with Gasteiger partial charge in [-0.15, -0.1) is 0 Å². The molecule has 2 N–H and O–H groups in total. The summed E-state index contributed by atoms with van der Waals surface area (Å²) in [5.74, 6) is -1.57. The summed E-state index contributed by atoms with van der Waals surface area (Å²) in [5, 5.41) is 4.89. The molecule has 2 aromatic carbocycles. The van der Waals surface area contributed by atoms with Crippen LogP contribution in [0.5, 0.6) is 5.75 Å². The number of benzene rings is 2. The highest BCUT2D eigenvalue weighted by atomic mass is 79.9. The third-order valence-corrected chi connectivity index (χ3v) is 4.03. The van der Waals surface area contributed by atoms with Gasteiger partial charge in [-0.2, -0.15) is 0 Å².